The van der Waals surface area contributed by atoms with Crippen molar-refractivity contribution in [2.75, 3.05) is 24.5 Å². The predicted molar refractivity (Wildman–Crippen MR) is 74.4 cm³/mol. The van der Waals surface area contributed by atoms with E-state index < -0.39 is 0 Å². The van der Waals surface area contributed by atoms with Crippen LogP contribution in [0.5, 0.6) is 0 Å². The summed E-state index contributed by atoms with van der Waals surface area (Å²) in [5.74, 6) is 0.896. The van der Waals surface area contributed by atoms with Crippen molar-refractivity contribution in [1.82, 2.24) is 5.32 Å². The lowest BCUT2D eigenvalue weighted by Gasteiger charge is -2.33. The molecule has 0 saturated carbocycles. The molecule has 94 valence electrons. The lowest BCUT2D eigenvalue weighted by molar-refractivity contribution is 0.437. The standard InChI is InChI=1S/C15H24N2/c1-3-16-12-14-6-4-5-7-15(14)17-10-8-13(2)9-11-17/h4-7,13,16H,3,8-12H2,1-2H3. The van der Waals surface area contributed by atoms with E-state index in [4.69, 9.17) is 0 Å². The molecule has 0 unspecified atom stereocenters. The minimum Gasteiger partial charge on any atom is -0.371 e. The Morgan fingerprint density at radius 3 is 2.65 bits per heavy atom. The quantitative estimate of drug-likeness (QED) is 0.858. The normalized spacial score (nSPS) is 17.4. The van der Waals surface area contributed by atoms with E-state index in [2.05, 4.69) is 48.3 Å². The second kappa shape index (κ2) is 6.06. The van der Waals surface area contributed by atoms with Gasteiger partial charge in [0.2, 0.25) is 0 Å². The molecule has 0 spiro atoms. The maximum Gasteiger partial charge on any atom is 0.0411 e. The lowest BCUT2D eigenvalue weighted by atomic mass is 9.98. The maximum atomic E-state index is 3.43. The average molecular weight is 232 g/mol. The van der Waals surface area contributed by atoms with Crippen LogP contribution in [0.25, 0.3) is 0 Å². The van der Waals surface area contributed by atoms with Crippen molar-refractivity contribution >= 4 is 5.69 Å². The first kappa shape index (κ1) is 12.4. The SMILES string of the molecule is CCNCc1ccccc1N1CCC(C)CC1. The maximum absolute atomic E-state index is 3.43. The van der Waals surface area contributed by atoms with Crippen LogP contribution in [-0.2, 0) is 6.54 Å². The molecule has 0 radical (unpaired) electrons. The molecule has 1 aromatic rings. The number of nitrogens with one attached hydrogen (secondary N) is 1. The molecule has 1 saturated heterocycles. The molecule has 2 heteroatoms. The topological polar surface area (TPSA) is 15.3 Å². The molecule has 1 aliphatic heterocycles. The Labute approximate surface area is 105 Å². The van der Waals surface area contributed by atoms with Crippen LogP contribution in [0.2, 0.25) is 0 Å². The van der Waals surface area contributed by atoms with Gasteiger partial charge in [-0.3, -0.25) is 0 Å². The van der Waals surface area contributed by atoms with Crippen LogP contribution in [0, 0.1) is 5.92 Å². The molecule has 2 rings (SSSR count). The number of rotatable bonds is 4. The van der Waals surface area contributed by atoms with Gasteiger partial charge in [-0.2, -0.15) is 0 Å². The van der Waals surface area contributed by atoms with Crippen molar-refractivity contribution in [3.05, 3.63) is 29.8 Å². The Hall–Kier alpha value is -1.02. The zero-order chi connectivity index (χ0) is 12.1. The fourth-order valence-corrected chi connectivity index (χ4v) is 2.48. The van der Waals surface area contributed by atoms with Crippen molar-refractivity contribution < 1.29 is 0 Å². The first-order valence-corrected chi connectivity index (χ1v) is 6.85. The first-order valence-electron chi connectivity index (χ1n) is 6.85. The van der Waals surface area contributed by atoms with E-state index in [9.17, 15) is 0 Å². The molecule has 0 amide bonds. The largest absolute Gasteiger partial charge is 0.371 e. The molecule has 0 bridgehead atoms. The van der Waals surface area contributed by atoms with Crippen molar-refractivity contribution in [2.24, 2.45) is 5.92 Å². The summed E-state index contributed by atoms with van der Waals surface area (Å²) >= 11 is 0. The van der Waals surface area contributed by atoms with Gasteiger partial charge < -0.3 is 10.2 Å². The monoisotopic (exact) mass is 232 g/mol. The van der Waals surface area contributed by atoms with Crippen LogP contribution in [0.1, 0.15) is 32.3 Å². The van der Waals surface area contributed by atoms with Crippen molar-refractivity contribution in [2.45, 2.75) is 33.2 Å². The molecule has 1 aliphatic rings. The van der Waals surface area contributed by atoms with E-state index in [0.29, 0.717) is 0 Å². The van der Waals surface area contributed by atoms with Crippen LogP contribution in [0.3, 0.4) is 0 Å². The predicted octanol–water partition coefficient (Wildman–Crippen LogP) is 3.03. The number of piperidine rings is 1. The van der Waals surface area contributed by atoms with Crippen LogP contribution in [0.15, 0.2) is 24.3 Å². The van der Waals surface area contributed by atoms with Gasteiger partial charge in [0, 0.05) is 25.3 Å². The van der Waals surface area contributed by atoms with Gasteiger partial charge >= 0.3 is 0 Å². The third kappa shape index (κ3) is 3.22. The summed E-state index contributed by atoms with van der Waals surface area (Å²) in [4.78, 5) is 2.55. The van der Waals surface area contributed by atoms with E-state index in [1.54, 1.807) is 0 Å². The number of anilines is 1. The van der Waals surface area contributed by atoms with E-state index in [1.807, 2.05) is 0 Å². The fourth-order valence-electron chi connectivity index (χ4n) is 2.48. The first-order chi connectivity index (χ1) is 8.31. The van der Waals surface area contributed by atoms with Gasteiger partial charge in [0.1, 0.15) is 0 Å². The van der Waals surface area contributed by atoms with Gasteiger partial charge in [0.15, 0.2) is 0 Å². The summed E-state index contributed by atoms with van der Waals surface area (Å²) in [7, 11) is 0. The number of nitrogens with zero attached hydrogens (tertiary/aromatic N) is 1. The van der Waals surface area contributed by atoms with Gasteiger partial charge in [-0.05, 0) is 36.9 Å². The third-order valence-electron chi connectivity index (χ3n) is 3.68. The molecule has 0 aliphatic carbocycles. The van der Waals surface area contributed by atoms with Crippen molar-refractivity contribution in [1.29, 1.82) is 0 Å². The van der Waals surface area contributed by atoms with Gasteiger partial charge in [-0.1, -0.05) is 32.0 Å². The summed E-state index contributed by atoms with van der Waals surface area (Å²) in [6.45, 7) is 8.96. The highest BCUT2D eigenvalue weighted by molar-refractivity contribution is 5.53. The minimum absolute atomic E-state index is 0.896. The zero-order valence-corrected chi connectivity index (χ0v) is 11.1. The fraction of sp³-hybridized carbons (Fsp3) is 0.600. The molecule has 1 aromatic carbocycles. The lowest BCUT2D eigenvalue weighted by Crippen LogP contribution is -2.33. The van der Waals surface area contributed by atoms with E-state index in [1.165, 1.54) is 37.2 Å². The van der Waals surface area contributed by atoms with Gasteiger partial charge in [-0.15, -0.1) is 0 Å². The third-order valence-corrected chi connectivity index (χ3v) is 3.68. The summed E-state index contributed by atoms with van der Waals surface area (Å²) < 4.78 is 0. The Kier molecular flexibility index (Phi) is 4.43. The summed E-state index contributed by atoms with van der Waals surface area (Å²) in [6, 6.07) is 8.81. The van der Waals surface area contributed by atoms with E-state index >= 15 is 0 Å². The van der Waals surface area contributed by atoms with Crippen LogP contribution in [0.4, 0.5) is 5.69 Å². The van der Waals surface area contributed by atoms with Crippen LogP contribution >= 0.6 is 0 Å². The highest BCUT2D eigenvalue weighted by Crippen LogP contribution is 2.25. The number of para-hydroxylation sites is 1. The van der Waals surface area contributed by atoms with Gasteiger partial charge in [0.25, 0.3) is 0 Å². The molecule has 2 nitrogen and oxygen atoms in total. The van der Waals surface area contributed by atoms with Crippen LogP contribution < -0.4 is 10.2 Å². The van der Waals surface area contributed by atoms with Crippen molar-refractivity contribution in [3.8, 4) is 0 Å². The molecule has 1 fully saturated rings. The highest BCUT2D eigenvalue weighted by atomic mass is 15.1. The molecule has 17 heavy (non-hydrogen) atoms. The van der Waals surface area contributed by atoms with Crippen LogP contribution in [-0.4, -0.2) is 19.6 Å². The summed E-state index contributed by atoms with van der Waals surface area (Å²) in [5.41, 5.74) is 2.87. The Balaban J connectivity index is 2.08. The summed E-state index contributed by atoms with van der Waals surface area (Å²) in [5, 5.41) is 3.43. The average Bonchev–Trinajstić information content (AvgIpc) is 2.38. The van der Waals surface area contributed by atoms with Gasteiger partial charge in [0.05, 0.1) is 0 Å². The minimum atomic E-state index is 0.896. The highest BCUT2D eigenvalue weighted by Gasteiger charge is 2.17. The Bertz CT molecular complexity index is 341. The molecule has 0 atom stereocenters. The molecule has 0 aromatic heterocycles. The Morgan fingerprint density at radius 2 is 1.94 bits per heavy atom. The summed E-state index contributed by atoms with van der Waals surface area (Å²) in [6.07, 6.45) is 2.66. The number of hydrogen-bond acceptors (Lipinski definition) is 2. The smallest absolute Gasteiger partial charge is 0.0411 e. The molecule has 1 heterocycles. The number of benzene rings is 1. The molecular formula is C15H24N2. The van der Waals surface area contributed by atoms with Crippen molar-refractivity contribution in [3.63, 3.8) is 0 Å². The zero-order valence-electron chi connectivity index (χ0n) is 11.1. The van der Waals surface area contributed by atoms with Gasteiger partial charge in [-0.25, -0.2) is 0 Å². The Morgan fingerprint density at radius 1 is 1.24 bits per heavy atom. The number of hydrogen-bond donors (Lipinski definition) is 1. The second-order valence-corrected chi connectivity index (χ2v) is 5.08. The molecule has 1 N–H and O–H groups in total. The van der Waals surface area contributed by atoms with E-state index in [0.717, 1.165) is 19.0 Å². The second-order valence-electron chi connectivity index (χ2n) is 5.08. The van der Waals surface area contributed by atoms with E-state index in [-0.39, 0.29) is 0 Å². The molecular weight excluding hydrogens is 208 g/mol.